The van der Waals surface area contributed by atoms with E-state index in [-0.39, 0.29) is 11.7 Å². The lowest BCUT2D eigenvalue weighted by Crippen LogP contribution is -2.39. The highest BCUT2D eigenvalue weighted by Crippen LogP contribution is 2.29. The van der Waals surface area contributed by atoms with Gasteiger partial charge in [-0.2, -0.15) is 0 Å². The highest BCUT2D eigenvalue weighted by molar-refractivity contribution is 5.98. The summed E-state index contributed by atoms with van der Waals surface area (Å²) in [4.78, 5) is 36.2. The number of carboxylic acid groups (broad SMARTS) is 2. The molecule has 2 aromatic carbocycles. The lowest BCUT2D eigenvalue weighted by atomic mass is 9.96. The summed E-state index contributed by atoms with van der Waals surface area (Å²) in [5, 5.41) is 15.6. The second-order valence-corrected chi connectivity index (χ2v) is 8.88. The van der Waals surface area contributed by atoms with Gasteiger partial charge in [-0.05, 0) is 79.7 Å². The van der Waals surface area contributed by atoms with E-state index in [1.54, 1.807) is 7.11 Å². The SMILES string of the molecule is COc1ccc2c(c1)CN(CC1CCN(CCc3ccc(F)cc3)CC1)C2=O.O=C(O)C=CC(=O)O. The first-order valence-corrected chi connectivity index (χ1v) is 11.8. The topological polar surface area (TPSA) is 107 Å². The van der Waals surface area contributed by atoms with Crippen LogP contribution in [0.2, 0.25) is 0 Å². The van der Waals surface area contributed by atoms with E-state index in [0.717, 1.165) is 62.3 Å². The number of amides is 1. The van der Waals surface area contributed by atoms with Crippen molar-refractivity contribution in [1.29, 1.82) is 0 Å². The summed E-state index contributed by atoms with van der Waals surface area (Å²) >= 11 is 0. The van der Waals surface area contributed by atoms with E-state index >= 15 is 0 Å². The Kier molecular flexibility index (Phi) is 9.58. The Morgan fingerprint density at radius 1 is 1.06 bits per heavy atom. The van der Waals surface area contributed by atoms with E-state index in [2.05, 4.69) is 4.90 Å². The van der Waals surface area contributed by atoms with Gasteiger partial charge in [0.25, 0.3) is 5.91 Å². The zero-order valence-corrected chi connectivity index (χ0v) is 20.2. The van der Waals surface area contributed by atoms with Crippen LogP contribution >= 0.6 is 0 Å². The van der Waals surface area contributed by atoms with Crippen molar-refractivity contribution in [2.75, 3.05) is 33.3 Å². The molecular weight excluding hydrogens is 467 g/mol. The first kappa shape index (κ1) is 26.9. The van der Waals surface area contributed by atoms with Crippen LogP contribution in [0.3, 0.4) is 0 Å². The van der Waals surface area contributed by atoms with Crippen LogP contribution in [0.4, 0.5) is 4.39 Å². The summed E-state index contributed by atoms with van der Waals surface area (Å²) in [7, 11) is 1.65. The summed E-state index contributed by atoms with van der Waals surface area (Å²) < 4.78 is 18.3. The number of rotatable bonds is 8. The Morgan fingerprint density at radius 2 is 1.69 bits per heavy atom. The molecule has 0 radical (unpaired) electrons. The molecule has 8 nitrogen and oxygen atoms in total. The van der Waals surface area contributed by atoms with Gasteiger partial charge in [0.15, 0.2) is 0 Å². The average Bonchev–Trinajstić information content (AvgIpc) is 3.17. The number of carbonyl (C=O) groups is 3. The maximum Gasteiger partial charge on any atom is 0.328 e. The molecule has 2 aliphatic rings. The Balaban J connectivity index is 0.000000392. The number of hydrogen-bond acceptors (Lipinski definition) is 5. The minimum Gasteiger partial charge on any atom is -0.497 e. The van der Waals surface area contributed by atoms with Crippen molar-refractivity contribution < 1.29 is 33.7 Å². The minimum atomic E-state index is -1.26. The molecule has 2 aromatic rings. The van der Waals surface area contributed by atoms with Crippen LogP contribution in [0.25, 0.3) is 0 Å². The number of methoxy groups -OCH3 is 1. The molecule has 2 N–H and O–H groups in total. The van der Waals surface area contributed by atoms with Crippen LogP contribution < -0.4 is 4.74 Å². The highest BCUT2D eigenvalue weighted by Gasteiger charge is 2.30. The molecule has 0 unspecified atom stereocenters. The molecule has 0 aromatic heterocycles. The lowest BCUT2D eigenvalue weighted by molar-refractivity contribution is -0.134. The number of hydrogen-bond donors (Lipinski definition) is 2. The number of benzene rings is 2. The highest BCUT2D eigenvalue weighted by atomic mass is 19.1. The average molecular weight is 499 g/mol. The first-order valence-electron chi connectivity index (χ1n) is 11.8. The predicted molar refractivity (Wildman–Crippen MR) is 131 cm³/mol. The number of likely N-dealkylation sites (tertiary alicyclic amines) is 1. The molecule has 4 rings (SSSR count). The van der Waals surface area contributed by atoms with Crippen LogP contribution in [-0.2, 0) is 22.6 Å². The second-order valence-electron chi connectivity index (χ2n) is 8.88. The molecule has 0 atom stereocenters. The quantitative estimate of drug-likeness (QED) is 0.537. The van der Waals surface area contributed by atoms with Crippen LogP contribution in [0.15, 0.2) is 54.6 Å². The number of halogens is 1. The van der Waals surface area contributed by atoms with Crippen molar-refractivity contribution in [2.24, 2.45) is 5.92 Å². The van der Waals surface area contributed by atoms with Crippen LogP contribution in [0.1, 0.15) is 34.3 Å². The molecule has 1 amide bonds. The molecule has 1 saturated heterocycles. The van der Waals surface area contributed by atoms with Crippen molar-refractivity contribution >= 4 is 17.8 Å². The van der Waals surface area contributed by atoms with Gasteiger partial charge < -0.3 is 24.7 Å². The summed E-state index contributed by atoms with van der Waals surface area (Å²) in [6.07, 6.45) is 4.30. The summed E-state index contributed by atoms with van der Waals surface area (Å²) in [5.74, 6) is -1.18. The van der Waals surface area contributed by atoms with E-state index in [0.29, 0.717) is 24.6 Å². The van der Waals surface area contributed by atoms with E-state index < -0.39 is 11.9 Å². The van der Waals surface area contributed by atoms with Gasteiger partial charge in [0, 0.05) is 37.3 Å². The van der Waals surface area contributed by atoms with Gasteiger partial charge in [-0.1, -0.05) is 12.1 Å². The molecule has 0 spiro atoms. The van der Waals surface area contributed by atoms with Crippen molar-refractivity contribution in [2.45, 2.75) is 25.8 Å². The Morgan fingerprint density at radius 3 is 2.28 bits per heavy atom. The standard InChI is InChI=1S/C23H27FN2O2.C4H4O4/c1-28-21-6-7-22-19(14-21)16-26(23(22)27)15-18-9-12-25(13-10-18)11-8-17-2-4-20(24)5-3-17;5-3(6)1-2-4(7)8/h2-7,14,18H,8-13,15-16H2,1H3;1-2H,(H,5,6)(H,7,8). The molecule has 1 fully saturated rings. The van der Waals surface area contributed by atoms with Crippen molar-refractivity contribution in [3.05, 3.63) is 77.1 Å². The number of aliphatic carboxylic acids is 2. The maximum absolute atomic E-state index is 13.0. The summed E-state index contributed by atoms with van der Waals surface area (Å²) in [6, 6.07) is 12.5. The molecular formula is C27H31FN2O6. The van der Waals surface area contributed by atoms with Crippen LogP contribution in [0, 0.1) is 11.7 Å². The first-order chi connectivity index (χ1) is 17.2. The third-order valence-corrected chi connectivity index (χ3v) is 6.38. The number of nitrogens with zero attached hydrogens (tertiary/aromatic N) is 2. The van der Waals surface area contributed by atoms with E-state index in [9.17, 15) is 18.8 Å². The fraction of sp³-hybridized carbons (Fsp3) is 0.370. The minimum absolute atomic E-state index is 0.149. The number of carbonyl (C=O) groups excluding carboxylic acids is 1. The van der Waals surface area contributed by atoms with Gasteiger partial charge in [-0.3, -0.25) is 4.79 Å². The van der Waals surface area contributed by atoms with Crippen LogP contribution in [0.5, 0.6) is 5.75 Å². The molecule has 192 valence electrons. The van der Waals surface area contributed by atoms with Crippen molar-refractivity contribution in [3.63, 3.8) is 0 Å². The van der Waals surface area contributed by atoms with E-state index in [1.165, 1.54) is 17.7 Å². The van der Waals surface area contributed by atoms with Gasteiger partial charge in [-0.25, -0.2) is 14.0 Å². The number of fused-ring (bicyclic) bond motifs is 1. The molecule has 0 aliphatic carbocycles. The van der Waals surface area contributed by atoms with Crippen LogP contribution in [-0.4, -0.2) is 71.1 Å². The van der Waals surface area contributed by atoms with Gasteiger partial charge in [0.1, 0.15) is 11.6 Å². The second kappa shape index (κ2) is 12.8. The van der Waals surface area contributed by atoms with E-state index in [4.69, 9.17) is 14.9 Å². The Labute approximate surface area is 209 Å². The molecule has 36 heavy (non-hydrogen) atoms. The number of carboxylic acids is 2. The molecule has 9 heteroatoms. The van der Waals surface area contributed by atoms with Gasteiger partial charge in [0.2, 0.25) is 0 Å². The Hall–Kier alpha value is -3.72. The summed E-state index contributed by atoms with van der Waals surface area (Å²) in [6.45, 7) is 4.66. The molecule has 0 saturated carbocycles. The normalized spacial score (nSPS) is 15.9. The lowest BCUT2D eigenvalue weighted by Gasteiger charge is -2.33. The maximum atomic E-state index is 13.0. The zero-order chi connectivity index (χ0) is 26.1. The van der Waals surface area contributed by atoms with Crippen molar-refractivity contribution in [1.82, 2.24) is 9.80 Å². The number of piperidine rings is 1. The molecule has 2 heterocycles. The largest absolute Gasteiger partial charge is 0.497 e. The predicted octanol–water partition coefficient (Wildman–Crippen LogP) is 3.46. The van der Waals surface area contributed by atoms with Crippen molar-refractivity contribution in [3.8, 4) is 5.75 Å². The summed E-state index contributed by atoms with van der Waals surface area (Å²) in [5.41, 5.74) is 3.07. The monoisotopic (exact) mass is 498 g/mol. The fourth-order valence-corrected chi connectivity index (χ4v) is 4.42. The Bertz CT molecular complexity index is 1080. The van der Waals surface area contributed by atoms with E-state index in [1.807, 2.05) is 35.2 Å². The third-order valence-electron chi connectivity index (χ3n) is 6.38. The van der Waals surface area contributed by atoms with Gasteiger partial charge in [-0.15, -0.1) is 0 Å². The smallest absolute Gasteiger partial charge is 0.328 e. The molecule has 0 bridgehead atoms. The van der Waals surface area contributed by atoms with Gasteiger partial charge >= 0.3 is 11.9 Å². The zero-order valence-electron chi connectivity index (χ0n) is 20.2. The van der Waals surface area contributed by atoms with Gasteiger partial charge in [0.05, 0.1) is 7.11 Å². The fourth-order valence-electron chi connectivity index (χ4n) is 4.42. The number of ether oxygens (including phenoxy) is 1. The third kappa shape index (κ3) is 7.91. The molecule has 2 aliphatic heterocycles.